The van der Waals surface area contributed by atoms with Gasteiger partial charge in [0.2, 0.25) is 18.0 Å². The van der Waals surface area contributed by atoms with Gasteiger partial charge in [0.15, 0.2) is 0 Å². The number of non-ortho nitro benzene ring substituents is 1. The number of hydrogen-bond acceptors (Lipinski definition) is 7. The Bertz CT molecular complexity index is 1010. The van der Waals surface area contributed by atoms with Crippen molar-refractivity contribution in [2.75, 3.05) is 0 Å². The Kier molecular flexibility index (Phi) is 5.41. The highest BCUT2D eigenvalue weighted by molar-refractivity contribution is 9.10. The number of nitrogens with zero attached hydrogens (tertiary/aromatic N) is 3. The quantitative estimate of drug-likeness (QED) is 0.306. The third kappa shape index (κ3) is 4.01. The van der Waals surface area contributed by atoms with E-state index in [1.165, 1.54) is 32.0 Å². The van der Waals surface area contributed by atoms with Gasteiger partial charge in [0.1, 0.15) is 5.75 Å². The predicted molar refractivity (Wildman–Crippen MR) is 101 cm³/mol. The van der Waals surface area contributed by atoms with E-state index in [0.29, 0.717) is 15.6 Å². The molecule has 0 saturated carbocycles. The van der Waals surface area contributed by atoms with Gasteiger partial charge in [0, 0.05) is 36.0 Å². The van der Waals surface area contributed by atoms with Crippen LogP contribution >= 0.6 is 15.9 Å². The molecule has 0 saturated heterocycles. The van der Waals surface area contributed by atoms with Crippen LogP contribution in [0.15, 0.2) is 52.0 Å². The molecule has 2 aromatic carbocycles. The topological polar surface area (TPSA) is 111 Å². The van der Waals surface area contributed by atoms with Gasteiger partial charge in [-0.2, -0.15) is 5.01 Å². The van der Waals surface area contributed by atoms with Gasteiger partial charge >= 0.3 is 5.97 Å². The molecule has 0 bridgehead atoms. The van der Waals surface area contributed by atoms with Crippen molar-refractivity contribution in [1.82, 2.24) is 5.01 Å². The largest absolute Gasteiger partial charge is 0.446 e. The van der Waals surface area contributed by atoms with Crippen LogP contribution < -0.4 is 4.74 Å². The number of amides is 1. The highest BCUT2D eigenvalue weighted by Gasteiger charge is 2.35. The second-order valence-electron chi connectivity index (χ2n) is 5.82. The fourth-order valence-electron chi connectivity index (χ4n) is 2.60. The molecule has 1 unspecified atom stereocenters. The summed E-state index contributed by atoms with van der Waals surface area (Å²) in [6.45, 7) is 2.56. The number of ether oxygens (including phenoxy) is 2. The van der Waals surface area contributed by atoms with E-state index in [4.69, 9.17) is 9.47 Å². The van der Waals surface area contributed by atoms with E-state index in [2.05, 4.69) is 21.0 Å². The van der Waals surface area contributed by atoms with Crippen LogP contribution in [0.4, 0.5) is 5.69 Å². The summed E-state index contributed by atoms with van der Waals surface area (Å²) in [6.07, 6.45) is -1.00. The molecule has 0 fully saturated rings. The maximum atomic E-state index is 12.1. The zero-order valence-electron chi connectivity index (χ0n) is 14.8. The van der Waals surface area contributed by atoms with Gasteiger partial charge in [-0.3, -0.25) is 19.7 Å². The Morgan fingerprint density at radius 3 is 2.64 bits per heavy atom. The number of rotatable bonds is 4. The minimum atomic E-state index is -1.00. The SMILES string of the molecule is CC(=O)Oc1ccc(Br)cc1C1OC(c2cccc([N+](=O)[O-])c2)=NN1C(C)=O. The van der Waals surface area contributed by atoms with E-state index >= 15 is 0 Å². The standard InChI is InChI=1S/C18H14BrN3O6/c1-10(23)21-18(15-9-13(19)6-7-16(15)27-11(2)24)28-17(20-21)12-4-3-5-14(8-12)22(25)26/h3-9,18H,1-2H3. The Morgan fingerprint density at radius 2 is 2.00 bits per heavy atom. The Labute approximate surface area is 167 Å². The predicted octanol–water partition coefficient (Wildman–Crippen LogP) is 3.52. The zero-order chi connectivity index (χ0) is 20.4. The van der Waals surface area contributed by atoms with E-state index in [-0.39, 0.29) is 17.3 Å². The first-order chi connectivity index (χ1) is 13.3. The summed E-state index contributed by atoms with van der Waals surface area (Å²) in [7, 11) is 0. The summed E-state index contributed by atoms with van der Waals surface area (Å²) in [5.74, 6) is -0.699. The third-order valence-electron chi connectivity index (χ3n) is 3.76. The van der Waals surface area contributed by atoms with Crippen molar-refractivity contribution in [1.29, 1.82) is 0 Å². The summed E-state index contributed by atoms with van der Waals surface area (Å²) in [4.78, 5) is 34.0. The van der Waals surface area contributed by atoms with E-state index in [0.717, 1.165) is 5.01 Å². The van der Waals surface area contributed by atoms with E-state index in [1.54, 1.807) is 24.3 Å². The molecule has 144 valence electrons. The second-order valence-corrected chi connectivity index (χ2v) is 6.74. The van der Waals surface area contributed by atoms with Gasteiger partial charge in [-0.15, -0.1) is 5.10 Å². The summed E-state index contributed by atoms with van der Waals surface area (Å²) in [5, 5.41) is 16.3. The van der Waals surface area contributed by atoms with Crippen LogP contribution in [0.2, 0.25) is 0 Å². The number of esters is 1. The number of benzene rings is 2. The Hall–Kier alpha value is -3.27. The van der Waals surface area contributed by atoms with Crippen molar-refractivity contribution in [3.8, 4) is 5.75 Å². The molecule has 0 aliphatic carbocycles. The van der Waals surface area contributed by atoms with Gasteiger partial charge in [-0.25, -0.2) is 0 Å². The van der Waals surface area contributed by atoms with Crippen molar-refractivity contribution in [2.45, 2.75) is 20.1 Å². The van der Waals surface area contributed by atoms with Crippen LogP contribution in [-0.2, 0) is 14.3 Å². The number of carbonyl (C=O) groups is 2. The molecular formula is C18H14BrN3O6. The lowest BCUT2D eigenvalue weighted by Crippen LogP contribution is -2.26. The fraction of sp³-hybridized carbons (Fsp3) is 0.167. The highest BCUT2D eigenvalue weighted by Crippen LogP contribution is 2.37. The first kappa shape index (κ1) is 19.5. The maximum absolute atomic E-state index is 12.1. The van der Waals surface area contributed by atoms with Gasteiger partial charge < -0.3 is 9.47 Å². The van der Waals surface area contributed by atoms with Gasteiger partial charge in [0.05, 0.1) is 10.5 Å². The average Bonchev–Trinajstić information content (AvgIpc) is 3.08. The molecule has 2 aromatic rings. The first-order valence-electron chi connectivity index (χ1n) is 8.04. The van der Waals surface area contributed by atoms with Crippen LogP contribution in [0.3, 0.4) is 0 Å². The van der Waals surface area contributed by atoms with E-state index in [1.807, 2.05) is 0 Å². The molecular weight excluding hydrogens is 434 g/mol. The lowest BCUT2D eigenvalue weighted by Gasteiger charge is -2.21. The number of nitro benzene ring substituents is 1. The normalized spacial score (nSPS) is 15.6. The van der Waals surface area contributed by atoms with Crippen molar-refractivity contribution in [3.05, 3.63) is 68.2 Å². The molecule has 28 heavy (non-hydrogen) atoms. The summed E-state index contributed by atoms with van der Waals surface area (Å²) in [5.41, 5.74) is 0.598. The second kappa shape index (κ2) is 7.77. The highest BCUT2D eigenvalue weighted by atomic mass is 79.9. The molecule has 0 radical (unpaired) electrons. The number of hydrazone groups is 1. The molecule has 1 heterocycles. The zero-order valence-corrected chi connectivity index (χ0v) is 16.4. The molecule has 1 aliphatic rings. The Morgan fingerprint density at radius 1 is 1.25 bits per heavy atom. The molecule has 1 atom stereocenters. The lowest BCUT2D eigenvalue weighted by atomic mass is 10.1. The molecule has 10 heteroatoms. The molecule has 1 amide bonds. The molecule has 9 nitrogen and oxygen atoms in total. The maximum Gasteiger partial charge on any atom is 0.308 e. The minimum absolute atomic E-state index is 0.0395. The van der Waals surface area contributed by atoms with Crippen LogP contribution in [0, 0.1) is 10.1 Å². The van der Waals surface area contributed by atoms with Crippen LogP contribution in [0.5, 0.6) is 5.75 Å². The summed E-state index contributed by atoms with van der Waals surface area (Å²) in [6, 6.07) is 10.6. The first-order valence-corrected chi connectivity index (χ1v) is 8.83. The van der Waals surface area contributed by atoms with Gasteiger partial charge in [0.25, 0.3) is 5.69 Å². The van der Waals surface area contributed by atoms with E-state index < -0.39 is 23.0 Å². The number of carbonyl (C=O) groups excluding carboxylic acids is 2. The molecule has 0 spiro atoms. The smallest absolute Gasteiger partial charge is 0.308 e. The number of nitro groups is 1. The lowest BCUT2D eigenvalue weighted by molar-refractivity contribution is -0.384. The Balaban J connectivity index is 2.02. The van der Waals surface area contributed by atoms with Crippen molar-refractivity contribution >= 4 is 39.4 Å². The van der Waals surface area contributed by atoms with Crippen LogP contribution in [-0.4, -0.2) is 27.7 Å². The number of hydrogen-bond donors (Lipinski definition) is 0. The van der Waals surface area contributed by atoms with Gasteiger partial charge in [-0.05, 0) is 24.3 Å². The summed E-state index contributed by atoms with van der Waals surface area (Å²) < 4.78 is 11.7. The van der Waals surface area contributed by atoms with Crippen molar-refractivity contribution in [2.24, 2.45) is 5.10 Å². The molecule has 1 aliphatic heterocycles. The molecule has 0 aromatic heterocycles. The van der Waals surface area contributed by atoms with Crippen molar-refractivity contribution < 1.29 is 24.0 Å². The fourth-order valence-corrected chi connectivity index (χ4v) is 2.98. The average molecular weight is 448 g/mol. The summed E-state index contributed by atoms with van der Waals surface area (Å²) >= 11 is 3.34. The number of halogens is 1. The van der Waals surface area contributed by atoms with Crippen LogP contribution in [0.25, 0.3) is 0 Å². The molecule has 0 N–H and O–H groups in total. The van der Waals surface area contributed by atoms with Gasteiger partial charge in [-0.1, -0.05) is 22.0 Å². The monoisotopic (exact) mass is 447 g/mol. The van der Waals surface area contributed by atoms with Crippen LogP contribution in [0.1, 0.15) is 31.2 Å². The third-order valence-corrected chi connectivity index (χ3v) is 4.26. The van der Waals surface area contributed by atoms with E-state index in [9.17, 15) is 19.7 Å². The van der Waals surface area contributed by atoms with Crippen molar-refractivity contribution in [3.63, 3.8) is 0 Å². The minimum Gasteiger partial charge on any atom is -0.446 e. The molecule has 3 rings (SSSR count).